The summed E-state index contributed by atoms with van der Waals surface area (Å²) in [5.74, 6) is 0.957. The number of hydrogen-bond acceptors (Lipinski definition) is 3. The largest absolute Gasteiger partial charge is 0.488 e. The maximum absolute atomic E-state index is 6.03. The van der Waals surface area contributed by atoms with E-state index in [-0.39, 0.29) is 12.2 Å². The summed E-state index contributed by atoms with van der Waals surface area (Å²) in [5.41, 5.74) is 1.31. The first-order valence-corrected chi connectivity index (χ1v) is 6.83. The molecule has 1 N–H and O–H groups in total. The molecule has 1 saturated carbocycles. The van der Waals surface area contributed by atoms with Gasteiger partial charge >= 0.3 is 0 Å². The van der Waals surface area contributed by atoms with Gasteiger partial charge < -0.3 is 14.8 Å². The van der Waals surface area contributed by atoms with Crippen LogP contribution in [0.4, 0.5) is 0 Å². The molecule has 0 spiro atoms. The lowest BCUT2D eigenvalue weighted by atomic mass is 9.85. The van der Waals surface area contributed by atoms with Gasteiger partial charge in [-0.1, -0.05) is 19.1 Å². The third kappa shape index (κ3) is 2.85. The molecule has 3 atom stereocenters. The number of rotatable bonds is 6. The Labute approximate surface area is 109 Å². The second-order valence-electron chi connectivity index (χ2n) is 4.71. The maximum Gasteiger partial charge on any atom is 0.128 e. The Morgan fingerprint density at radius 1 is 1.33 bits per heavy atom. The summed E-state index contributed by atoms with van der Waals surface area (Å²) in [6, 6.07) is 8.75. The molecule has 1 aliphatic rings. The summed E-state index contributed by atoms with van der Waals surface area (Å²) in [6.45, 7) is 4.92. The number of benzene rings is 1. The van der Waals surface area contributed by atoms with Crippen LogP contribution < -0.4 is 10.1 Å². The highest BCUT2D eigenvalue weighted by molar-refractivity contribution is 5.29. The predicted octanol–water partition coefficient (Wildman–Crippen LogP) is 2.39. The SMILES string of the molecule is CCOC1C(NC)CC1Oc1cccc(CC)c1. The molecule has 0 bridgehead atoms. The summed E-state index contributed by atoms with van der Waals surface area (Å²) in [4.78, 5) is 0. The van der Waals surface area contributed by atoms with Crippen LogP contribution in [0.1, 0.15) is 25.8 Å². The fourth-order valence-electron chi connectivity index (χ4n) is 2.41. The van der Waals surface area contributed by atoms with Gasteiger partial charge in [0.05, 0.1) is 0 Å². The second kappa shape index (κ2) is 6.21. The van der Waals surface area contributed by atoms with Crippen LogP contribution >= 0.6 is 0 Å². The van der Waals surface area contributed by atoms with Crippen molar-refractivity contribution in [2.75, 3.05) is 13.7 Å². The van der Waals surface area contributed by atoms with Crippen molar-refractivity contribution >= 4 is 0 Å². The average Bonchev–Trinajstić information content (AvgIpc) is 2.40. The van der Waals surface area contributed by atoms with Crippen LogP contribution in [0.25, 0.3) is 0 Å². The first kappa shape index (κ1) is 13.4. The fourth-order valence-corrected chi connectivity index (χ4v) is 2.41. The molecule has 0 amide bonds. The van der Waals surface area contributed by atoms with E-state index in [1.54, 1.807) is 0 Å². The molecule has 3 unspecified atom stereocenters. The van der Waals surface area contributed by atoms with Gasteiger partial charge in [-0.2, -0.15) is 0 Å². The lowest BCUT2D eigenvalue weighted by molar-refractivity contribution is -0.103. The third-order valence-corrected chi connectivity index (χ3v) is 3.57. The monoisotopic (exact) mass is 249 g/mol. The molecule has 1 aromatic carbocycles. The number of hydrogen-bond donors (Lipinski definition) is 1. The van der Waals surface area contributed by atoms with E-state index < -0.39 is 0 Å². The zero-order valence-corrected chi connectivity index (χ0v) is 11.5. The maximum atomic E-state index is 6.03. The highest BCUT2D eigenvalue weighted by Gasteiger charge is 2.42. The van der Waals surface area contributed by atoms with Crippen molar-refractivity contribution in [3.8, 4) is 5.75 Å². The van der Waals surface area contributed by atoms with Gasteiger partial charge in [-0.05, 0) is 38.1 Å². The van der Waals surface area contributed by atoms with Gasteiger partial charge in [0.2, 0.25) is 0 Å². The van der Waals surface area contributed by atoms with E-state index >= 15 is 0 Å². The number of aryl methyl sites for hydroxylation is 1. The summed E-state index contributed by atoms with van der Waals surface area (Å²) in [7, 11) is 1.98. The smallest absolute Gasteiger partial charge is 0.128 e. The second-order valence-corrected chi connectivity index (χ2v) is 4.71. The van der Waals surface area contributed by atoms with Crippen LogP contribution in [-0.4, -0.2) is 31.9 Å². The molecule has 0 aromatic heterocycles. The lowest BCUT2D eigenvalue weighted by Gasteiger charge is -2.43. The minimum absolute atomic E-state index is 0.172. The van der Waals surface area contributed by atoms with E-state index in [9.17, 15) is 0 Å². The van der Waals surface area contributed by atoms with E-state index in [2.05, 4.69) is 30.4 Å². The lowest BCUT2D eigenvalue weighted by Crippen LogP contribution is -2.60. The minimum atomic E-state index is 0.172. The molecule has 1 aliphatic carbocycles. The number of ether oxygens (including phenoxy) is 2. The molecule has 0 heterocycles. The predicted molar refractivity (Wildman–Crippen MR) is 73.1 cm³/mol. The summed E-state index contributed by atoms with van der Waals surface area (Å²) < 4.78 is 11.8. The van der Waals surface area contributed by atoms with E-state index in [0.29, 0.717) is 6.04 Å². The van der Waals surface area contributed by atoms with Crippen molar-refractivity contribution < 1.29 is 9.47 Å². The fraction of sp³-hybridized carbons (Fsp3) is 0.600. The molecule has 0 saturated heterocycles. The van der Waals surface area contributed by atoms with Crippen LogP contribution in [0, 0.1) is 0 Å². The Morgan fingerprint density at radius 3 is 2.83 bits per heavy atom. The van der Waals surface area contributed by atoms with Gasteiger partial charge in [-0.15, -0.1) is 0 Å². The van der Waals surface area contributed by atoms with Crippen molar-refractivity contribution in [1.82, 2.24) is 5.32 Å². The average molecular weight is 249 g/mol. The van der Waals surface area contributed by atoms with Gasteiger partial charge in [0, 0.05) is 19.1 Å². The van der Waals surface area contributed by atoms with E-state index in [1.165, 1.54) is 5.56 Å². The number of likely N-dealkylation sites (N-methyl/N-ethyl adjacent to an activating group) is 1. The first-order chi connectivity index (χ1) is 8.78. The van der Waals surface area contributed by atoms with Crippen molar-refractivity contribution in [2.45, 2.75) is 44.9 Å². The molecule has 1 fully saturated rings. The molecule has 0 radical (unpaired) electrons. The van der Waals surface area contributed by atoms with Crippen LogP contribution in [0.2, 0.25) is 0 Å². The van der Waals surface area contributed by atoms with E-state index in [4.69, 9.17) is 9.47 Å². The topological polar surface area (TPSA) is 30.5 Å². The van der Waals surface area contributed by atoms with Crippen molar-refractivity contribution in [3.05, 3.63) is 29.8 Å². The minimum Gasteiger partial charge on any atom is -0.488 e. The molecule has 1 aromatic rings. The van der Waals surface area contributed by atoms with Gasteiger partial charge in [-0.3, -0.25) is 0 Å². The summed E-state index contributed by atoms with van der Waals surface area (Å²) in [5, 5.41) is 3.27. The Balaban J connectivity index is 1.96. The Bertz CT molecular complexity index is 381. The Morgan fingerprint density at radius 2 is 2.17 bits per heavy atom. The quantitative estimate of drug-likeness (QED) is 0.839. The van der Waals surface area contributed by atoms with E-state index in [0.717, 1.165) is 25.2 Å². The normalized spacial score (nSPS) is 26.7. The highest BCUT2D eigenvalue weighted by atomic mass is 16.5. The molecule has 3 heteroatoms. The van der Waals surface area contributed by atoms with Crippen LogP contribution in [-0.2, 0) is 11.2 Å². The first-order valence-electron chi connectivity index (χ1n) is 6.83. The molecule has 100 valence electrons. The van der Waals surface area contributed by atoms with Gasteiger partial charge in [0.1, 0.15) is 18.0 Å². The highest BCUT2D eigenvalue weighted by Crippen LogP contribution is 2.29. The van der Waals surface area contributed by atoms with Gasteiger partial charge in [-0.25, -0.2) is 0 Å². The van der Waals surface area contributed by atoms with Crippen LogP contribution in [0.15, 0.2) is 24.3 Å². The van der Waals surface area contributed by atoms with Gasteiger partial charge in [0.15, 0.2) is 0 Å². The summed E-state index contributed by atoms with van der Waals surface area (Å²) in [6.07, 6.45) is 2.40. The van der Waals surface area contributed by atoms with Crippen LogP contribution in [0.5, 0.6) is 5.75 Å². The van der Waals surface area contributed by atoms with E-state index in [1.807, 2.05) is 20.0 Å². The molecule has 0 aliphatic heterocycles. The van der Waals surface area contributed by atoms with Crippen molar-refractivity contribution in [2.24, 2.45) is 0 Å². The zero-order valence-electron chi connectivity index (χ0n) is 11.5. The van der Waals surface area contributed by atoms with Gasteiger partial charge in [0.25, 0.3) is 0 Å². The van der Waals surface area contributed by atoms with Crippen molar-refractivity contribution in [3.63, 3.8) is 0 Å². The van der Waals surface area contributed by atoms with Crippen molar-refractivity contribution in [1.29, 1.82) is 0 Å². The zero-order chi connectivity index (χ0) is 13.0. The molecule has 3 nitrogen and oxygen atoms in total. The molecular weight excluding hydrogens is 226 g/mol. The van der Waals surface area contributed by atoms with Crippen LogP contribution in [0.3, 0.4) is 0 Å². The molecule has 18 heavy (non-hydrogen) atoms. The third-order valence-electron chi connectivity index (χ3n) is 3.57. The standard InChI is InChI=1S/C15H23NO2/c1-4-11-7-6-8-12(9-11)18-14-10-13(16-3)15(14)17-5-2/h6-9,13-16H,4-5,10H2,1-3H3. The molecule has 2 rings (SSSR count). The number of nitrogens with one attached hydrogen (secondary N) is 1. The molecular formula is C15H23NO2. The Kier molecular flexibility index (Phi) is 4.61. The summed E-state index contributed by atoms with van der Waals surface area (Å²) >= 11 is 0. The Hall–Kier alpha value is -1.06.